The van der Waals surface area contributed by atoms with Crippen LogP contribution < -0.4 is 10.5 Å². The Kier molecular flexibility index (Phi) is 6.06. The Morgan fingerprint density at radius 1 is 0.952 bits per heavy atom. The molecule has 2 rings (SSSR count). The first-order chi connectivity index (χ1) is 10.2. The highest BCUT2D eigenvalue weighted by molar-refractivity contribution is 5.84. The molecule has 0 fully saturated rings. The van der Waals surface area contributed by atoms with E-state index in [0.717, 1.165) is 12.2 Å². The monoisotopic (exact) mass is 285 g/mol. The highest BCUT2D eigenvalue weighted by Crippen LogP contribution is 2.25. The van der Waals surface area contributed by atoms with Crippen LogP contribution in [0.15, 0.2) is 36.4 Å². The minimum absolute atomic E-state index is 0.151. The first-order valence-electron chi connectivity index (χ1n) is 8.08. The molecule has 2 aromatic carbocycles. The molecule has 1 atom stereocenters. The van der Waals surface area contributed by atoms with Crippen LogP contribution >= 0.6 is 0 Å². The molecule has 2 nitrogen and oxygen atoms in total. The molecule has 1 unspecified atom stereocenters. The van der Waals surface area contributed by atoms with E-state index in [1.807, 2.05) is 6.07 Å². The van der Waals surface area contributed by atoms with E-state index in [1.165, 1.54) is 48.4 Å². The molecule has 0 radical (unpaired) electrons. The third kappa shape index (κ3) is 4.47. The molecular weight excluding hydrogens is 258 g/mol. The van der Waals surface area contributed by atoms with E-state index in [4.69, 9.17) is 10.5 Å². The van der Waals surface area contributed by atoms with Gasteiger partial charge in [0.15, 0.2) is 0 Å². The van der Waals surface area contributed by atoms with Gasteiger partial charge in [0, 0.05) is 6.04 Å². The molecule has 2 aromatic rings. The lowest BCUT2D eigenvalue weighted by molar-refractivity contribution is 0.415. The molecule has 0 amide bonds. The fourth-order valence-corrected chi connectivity index (χ4v) is 2.73. The van der Waals surface area contributed by atoms with Gasteiger partial charge in [-0.2, -0.15) is 0 Å². The van der Waals surface area contributed by atoms with Crippen molar-refractivity contribution >= 4 is 10.8 Å². The summed E-state index contributed by atoms with van der Waals surface area (Å²) in [6.07, 6.45) is 7.56. The Morgan fingerprint density at radius 2 is 1.67 bits per heavy atom. The quantitative estimate of drug-likeness (QED) is 0.676. The summed E-state index contributed by atoms with van der Waals surface area (Å²) in [7, 11) is 1.70. The second-order valence-electron chi connectivity index (χ2n) is 5.78. The van der Waals surface area contributed by atoms with Crippen molar-refractivity contribution in [2.45, 2.75) is 51.5 Å². The van der Waals surface area contributed by atoms with Gasteiger partial charge in [-0.3, -0.25) is 0 Å². The highest BCUT2D eigenvalue weighted by Gasteiger charge is 2.07. The molecule has 2 N–H and O–H groups in total. The van der Waals surface area contributed by atoms with Gasteiger partial charge in [0.1, 0.15) is 5.75 Å². The van der Waals surface area contributed by atoms with Gasteiger partial charge < -0.3 is 10.5 Å². The normalized spacial score (nSPS) is 12.5. The van der Waals surface area contributed by atoms with Crippen LogP contribution in [0.2, 0.25) is 0 Å². The molecule has 2 heteroatoms. The lowest BCUT2D eigenvalue weighted by Crippen LogP contribution is -2.09. The van der Waals surface area contributed by atoms with Crippen molar-refractivity contribution < 1.29 is 4.74 Å². The lowest BCUT2D eigenvalue weighted by atomic mass is 9.98. The number of hydrogen-bond donors (Lipinski definition) is 1. The molecule has 114 valence electrons. The highest BCUT2D eigenvalue weighted by atomic mass is 16.5. The van der Waals surface area contributed by atoms with Crippen molar-refractivity contribution in [1.82, 2.24) is 0 Å². The van der Waals surface area contributed by atoms with E-state index in [1.54, 1.807) is 7.11 Å². The summed E-state index contributed by atoms with van der Waals surface area (Å²) >= 11 is 0. The van der Waals surface area contributed by atoms with Crippen LogP contribution in [0.3, 0.4) is 0 Å². The summed E-state index contributed by atoms with van der Waals surface area (Å²) in [5.74, 6) is 0.899. The maximum Gasteiger partial charge on any atom is 0.119 e. The van der Waals surface area contributed by atoms with Crippen LogP contribution in [0, 0.1) is 0 Å². The van der Waals surface area contributed by atoms with Crippen LogP contribution in [-0.4, -0.2) is 7.11 Å². The number of methoxy groups -OCH3 is 1. The SMILES string of the molecule is CCCCCCCC(N)c1ccc2cc(OC)ccc2c1. The first-order valence-corrected chi connectivity index (χ1v) is 8.08. The fourth-order valence-electron chi connectivity index (χ4n) is 2.73. The predicted molar refractivity (Wildman–Crippen MR) is 90.8 cm³/mol. The largest absolute Gasteiger partial charge is 0.497 e. The lowest BCUT2D eigenvalue weighted by Gasteiger charge is -2.13. The van der Waals surface area contributed by atoms with Crippen LogP contribution in [0.5, 0.6) is 5.75 Å². The maximum absolute atomic E-state index is 6.33. The van der Waals surface area contributed by atoms with Gasteiger partial charge in [0.05, 0.1) is 7.11 Å². The summed E-state index contributed by atoms with van der Waals surface area (Å²) in [5, 5.41) is 2.43. The average molecular weight is 285 g/mol. The molecule has 21 heavy (non-hydrogen) atoms. The number of hydrogen-bond acceptors (Lipinski definition) is 2. The zero-order chi connectivity index (χ0) is 15.1. The number of benzene rings is 2. The molecular formula is C19H27NO. The van der Waals surface area contributed by atoms with Crippen molar-refractivity contribution in [3.05, 3.63) is 42.0 Å². The van der Waals surface area contributed by atoms with Crippen molar-refractivity contribution in [2.24, 2.45) is 5.73 Å². The Balaban J connectivity index is 1.98. The van der Waals surface area contributed by atoms with E-state index in [2.05, 4.69) is 37.3 Å². The smallest absolute Gasteiger partial charge is 0.119 e. The molecule has 0 saturated carbocycles. The van der Waals surface area contributed by atoms with E-state index in [-0.39, 0.29) is 6.04 Å². The minimum atomic E-state index is 0.151. The average Bonchev–Trinajstić information content (AvgIpc) is 2.53. The number of rotatable bonds is 8. The molecule has 0 aliphatic carbocycles. The van der Waals surface area contributed by atoms with E-state index in [0.29, 0.717) is 0 Å². The Morgan fingerprint density at radius 3 is 2.43 bits per heavy atom. The minimum Gasteiger partial charge on any atom is -0.497 e. The molecule has 0 saturated heterocycles. The van der Waals surface area contributed by atoms with Gasteiger partial charge in [0.2, 0.25) is 0 Å². The summed E-state index contributed by atoms with van der Waals surface area (Å²) in [6, 6.07) is 12.8. The van der Waals surface area contributed by atoms with Gasteiger partial charge in [0.25, 0.3) is 0 Å². The standard InChI is InChI=1S/C19H27NO/c1-3-4-5-6-7-8-19(20)17-10-9-16-14-18(21-2)12-11-15(16)13-17/h9-14,19H,3-8,20H2,1-2H3. The number of fused-ring (bicyclic) bond motifs is 1. The molecule has 0 aliphatic heterocycles. The summed E-state index contributed by atoms with van der Waals surface area (Å²) in [4.78, 5) is 0. The zero-order valence-corrected chi connectivity index (χ0v) is 13.3. The van der Waals surface area contributed by atoms with Gasteiger partial charge in [-0.1, -0.05) is 57.2 Å². The third-order valence-corrected chi connectivity index (χ3v) is 4.12. The van der Waals surface area contributed by atoms with Gasteiger partial charge in [-0.25, -0.2) is 0 Å². The topological polar surface area (TPSA) is 35.2 Å². The second kappa shape index (κ2) is 8.04. The Hall–Kier alpha value is -1.54. The van der Waals surface area contributed by atoms with Crippen LogP contribution in [0.25, 0.3) is 10.8 Å². The molecule has 0 aliphatic rings. The molecule has 0 heterocycles. The molecule has 0 spiro atoms. The van der Waals surface area contributed by atoms with Gasteiger partial charge in [-0.05, 0) is 41.0 Å². The fraction of sp³-hybridized carbons (Fsp3) is 0.474. The summed E-state index contributed by atoms with van der Waals surface area (Å²) in [5.41, 5.74) is 7.57. The van der Waals surface area contributed by atoms with Gasteiger partial charge >= 0.3 is 0 Å². The first kappa shape index (κ1) is 15.8. The van der Waals surface area contributed by atoms with E-state index >= 15 is 0 Å². The van der Waals surface area contributed by atoms with Crippen molar-refractivity contribution in [2.75, 3.05) is 7.11 Å². The number of ether oxygens (including phenoxy) is 1. The Bertz CT molecular complexity index is 564. The van der Waals surface area contributed by atoms with E-state index < -0.39 is 0 Å². The predicted octanol–water partition coefficient (Wildman–Crippen LogP) is 5.21. The summed E-state index contributed by atoms with van der Waals surface area (Å²) in [6.45, 7) is 2.25. The second-order valence-corrected chi connectivity index (χ2v) is 5.78. The summed E-state index contributed by atoms with van der Waals surface area (Å²) < 4.78 is 5.26. The number of unbranched alkanes of at least 4 members (excludes halogenated alkanes) is 4. The van der Waals surface area contributed by atoms with Crippen LogP contribution in [0.4, 0.5) is 0 Å². The van der Waals surface area contributed by atoms with Crippen molar-refractivity contribution in [3.63, 3.8) is 0 Å². The van der Waals surface area contributed by atoms with E-state index in [9.17, 15) is 0 Å². The third-order valence-electron chi connectivity index (χ3n) is 4.12. The van der Waals surface area contributed by atoms with Crippen molar-refractivity contribution in [3.8, 4) is 5.75 Å². The van der Waals surface area contributed by atoms with Crippen molar-refractivity contribution in [1.29, 1.82) is 0 Å². The Labute approximate surface area is 128 Å². The van der Waals surface area contributed by atoms with Crippen LogP contribution in [-0.2, 0) is 0 Å². The maximum atomic E-state index is 6.33. The van der Waals surface area contributed by atoms with Crippen LogP contribution in [0.1, 0.15) is 57.1 Å². The number of nitrogens with two attached hydrogens (primary N) is 1. The molecule has 0 bridgehead atoms. The zero-order valence-electron chi connectivity index (χ0n) is 13.3. The molecule has 0 aromatic heterocycles. The van der Waals surface area contributed by atoms with Gasteiger partial charge in [-0.15, -0.1) is 0 Å².